The minimum absolute atomic E-state index is 0.0139. The molecule has 5 heteroatoms. The van der Waals surface area contributed by atoms with E-state index in [-0.39, 0.29) is 11.8 Å². The lowest BCUT2D eigenvalue weighted by molar-refractivity contribution is -0.149. The molecule has 1 N–H and O–H groups in total. The molecule has 2 aliphatic rings. The zero-order chi connectivity index (χ0) is 16.9. The van der Waals surface area contributed by atoms with Crippen LogP contribution in [0.4, 0.5) is 0 Å². The summed E-state index contributed by atoms with van der Waals surface area (Å²) in [4.78, 5) is 26.5. The van der Waals surface area contributed by atoms with E-state index in [1.165, 1.54) is 0 Å². The van der Waals surface area contributed by atoms with E-state index in [9.17, 15) is 14.7 Å². The van der Waals surface area contributed by atoms with Crippen molar-refractivity contribution in [1.82, 2.24) is 9.47 Å². The van der Waals surface area contributed by atoms with Gasteiger partial charge in [0.2, 0.25) is 0 Å². The Labute approximate surface area is 137 Å². The van der Waals surface area contributed by atoms with Gasteiger partial charge in [0.05, 0.1) is 11.0 Å². The summed E-state index contributed by atoms with van der Waals surface area (Å²) < 4.78 is 2.16. The number of rotatable bonds is 3. The molecule has 23 heavy (non-hydrogen) atoms. The fraction of sp³-hybridized carbons (Fsp3) is 0.667. The average molecular weight is 318 g/mol. The van der Waals surface area contributed by atoms with Crippen molar-refractivity contribution >= 4 is 11.9 Å². The van der Waals surface area contributed by atoms with Crippen LogP contribution in [0.5, 0.6) is 0 Å². The molecule has 126 valence electrons. The maximum atomic E-state index is 13.0. The second-order valence-electron chi connectivity index (χ2n) is 7.48. The van der Waals surface area contributed by atoms with Gasteiger partial charge in [0.25, 0.3) is 5.91 Å². The maximum absolute atomic E-state index is 13.0. The Kier molecular flexibility index (Phi) is 3.77. The zero-order valence-electron chi connectivity index (χ0n) is 14.4. The fourth-order valence-corrected chi connectivity index (χ4v) is 4.75. The third-order valence-corrected chi connectivity index (χ3v) is 5.82. The van der Waals surface area contributed by atoms with Crippen LogP contribution in [0.2, 0.25) is 0 Å². The molecular weight excluding hydrogens is 292 g/mol. The van der Waals surface area contributed by atoms with Crippen molar-refractivity contribution in [2.45, 2.75) is 53.0 Å². The molecule has 0 bridgehead atoms. The molecule has 0 unspecified atom stereocenters. The highest BCUT2D eigenvalue weighted by Crippen LogP contribution is 2.49. The number of aromatic nitrogens is 1. The predicted molar refractivity (Wildman–Crippen MR) is 87.6 cm³/mol. The molecule has 0 spiro atoms. The summed E-state index contributed by atoms with van der Waals surface area (Å²) in [6.45, 7) is 9.14. The highest BCUT2D eigenvalue weighted by atomic mass is 16.4. The van der Waals surface area contributed by atoms with E-state index >= 15 is 0 Å². The number of carbonyl (C=O) groups excluding carboxylic acids is 1. The Bertz CT molecular complexity index is 661. The lowest BCUT2D eigenvalue weighted by Crippen LogP contribution is -2.37. The van der Waals surface area contributed by atoms with Crippen LogP contribution in [0.3, 0.4) is 0 Å². The van der Waals surface area contributed by atoms with Gasteiger partial charge in [0, 0.05) is 30.5 Å². The van der Waals surface area contributed by atoms with Gasteiger partial charge >= 0.3 is 5.97 Å². The van der Waals surface area contributed by atoms with Gasteiger partial charge in [-0.1, -0.05) is 6.42 Å². The molecule has 0 aromatic carbocycles. The molecule has 2 atom stereocenters. The van der Waals surface area contributed by atoms with Gasteiger partial charge in [0.1, 0.15) is 0 Å². The summed E-state index contributed by atoms with van der Waals surface area (Å²) >= 11 is 0. The maximum Gasteiger partial charge on any atom is 0.311 e. The minimum atomic E-state index is -0.733. The van der Waals surface area contributed by atoms with Gasteiger partial charge in [-0.05, 0) is 52.5 Å². The van der Waals surface area contributed by atoms with E-state index in [0.717, 1.165) is 29.8 Å². The fourth-order valence-electron chi connectivity index (χ4n) is 4.75. The number of aryl methyl sites for hydroxylation is 1. The number of amides is 1. The molecular formula is C18H26N2O3. The lowest BCUT2D eigenvalue weighted by Gasteiger charge is -2.23. The lowest BCUT2D eigenvalue weighted by atomic mass is 9.81. The largest absolute Gasteiger partial charge is 0.481 e. The van der Waals surface area contributed by atoms with E-state index in [4.69, 9.17) is 0 Å². The van der Waals surface area contributed by atoms with Crippen molar-refractivity contribution in [3.8, 4) is 0 Å². The molecule has 2 heterocycles. The number of nitrogens with zero attached hydrogens (tertiary/aromatic N) is 2. The molecule has 1 aliphatic carbocycles. The SMILES string of the molecule is Cc1cc(C(=O)N2C[C@@H]3CCC[C@@]3(C(=O)O)C2)c(C)n1C(C)C. The van der Waals surface area contributed by atoms with Crippen molar-refractivity contribution < 1.29 is 14.7 Å². The standard InChI is InChI=1S/C18H26N2O3/c1-11(2)20-12(3)8-15(13(20)4)16(21)19-9-14-6-5-7-18(14,10-19)17(22)23/h8,11,14H,5-7,9-10H2,1-4H3,(H,22,23)/t14-,18+/m0/s1. The van der Waals surface area contributed by atoms with E-state index in [0.29, 0.717) is 25.6 Å². The number of aliphatic carboxylic acids is 1. The first kappa shape index (κ1) is 16.1. The van der Waals surface area contributed by atoms with Crippen LogP contribution in [-0.2, 0) is 4.79 Å². The van der Waals surface area contributed by atoms with Crippen LogP contribution in [0, 0.1) is 25.2 Å². The molecule has 3 rings (SSSR count). The molecule has 1 aromatic heterocycles. The van der Waals surface area contributed by atoms with Gasteiger partial charge in [-0.2, -0.15) is 0 Å². The number of carboxylic acid groups (broad SMARTS) is 1. The number of carboxylic acids is 1. The summed E-state index contributed by atoms with van der Waals surface area (Å²) in [5, 5.41) is 9.68. The Morgan fingerprint density at radius 3 is 2.57 bits per heavy atom. The van der Waals surface area contributed by atoms with Crippen LogP contribution < -0.4 is 0 Å². The summed E-state index contributed by atoms with van der Waals surface area (Å²) in [6.07, 6.45) is 2.57. The predicted octanol–water partition coefficient (Wildman–Crippen LogP) is 3.01. The zero-order valence-corrected chi connectivity index (χ0v) is 14.4. The quantitative estimate of drug-likeness (QED) is 0.932. The molecule has 1 aliphatic heterocycles. The van der Waals surface area contributed by atoms with Crippen molar-refractivity contribution in [2.75, 3.05) is 13.1 Å². The van der Waals surface area contributed by atoms with Crippen LogP contribution in [-0.4, -0.2) is 39.5 Å². The van der Waals surface area contributed by atoms with E-state index in [1.807, 2.05) is 19.9 Å². The van der Waals surface area contributed by atoms with Crippen LogP contribution >= 0.6 is 0 Å². The number of hydrogen-bond acceptors (Lipinski definition) is 2. The highest BCUT2D eigenvalue weighted by molar-refractivity contribution is 5.96. The Morgan fingerprint density at radius 2 is 2.04 bits per heavy atom. The molecule has 1 aromatic rings. The summed E-state index contributed by atoms with van der Waals surface area (Å²) in [7, 11) is 0. The smallest absolute Gasteiger partial charge is 0.311 e. The van der Waals surface area contributed by atoms with Gasteiger partial charge in [-0.15, -0.1) is 0 Å². The second kappa shape index (κ2) is 5.39. The molecule has 1 saturated heterocycles. The van der Waals surface area contributed by atoms with Crippen molar-refractivity contribution in [3.63, 3.8) is 0 Å². The third-order valence-electron chi connectivity index (χ3n) is 5.82. The number of fused-ring (bicyclic) bond motifs is 1. The summed E-state index contributed by atoms with van der Waals surface area (Å²) in [5.41, 5.74) is 2.06. The first-order valence-corrected chi connectivity index (χ1v) is 8.49. The molecule has 0 radical (unpaired) electrons. The first-order chi connectivity index (χ1) is 10.8. The third kappa shape index (κ3) is 2.28. The Hall–Kier alpha value is -1.78. The Balaban J connectivity index is 1.89. The van der Waals surface area contributed by atoms with Gasteiger partial charge in [-0.3, -0.25) is 9.59 Å². The molecule has 5 nitrogen and oxygen atoms in total. The summed E-state index contributed by atoms with van der Waals surface area (Å²) in [6, 6.07) is 2.25. The number of carbonyl (C=O) groups is 2. The van der Waals surface area contributed by atoms with Crippen LogP contribution in [0.15, 0.2) is 6.07 Å². The van der Waals surface area contributed by atoms with Crippen LogP contribution in [0.1, 0.15) is 60.9 Å². The van der Waals surface area contributed by atoms with Crippen molar-refractivity contribution in [2.24, 2.45) is 11.3 Å². The van der Waals surface area contributed by atoms with Gasteiger partial charge in [0.15, 0.2) is 0 Å². The first-order valence-electron chi connectivity index (χ1n) is 8.49. The number of likely N-dealkylation sites (tertiary alicyclic amines) is 1. The van der Waals surface area contributed by atoms with Crippen molar-refractivity contribution in [1.29, 1.82) is 0 Å². The summed E-state index contributed by atoms with van der Waals surface area (Å²) in [5.74, 6) is -0.638. The highest BCUT2D eigenvalue weighted by Gasteiger charge is 2.55. The average Bonchev–Trinajstić information content (AvgIpc) is 3.08. The molecule has 1 amide bonds. The van der Waals surface area contributed by atoms with Gasteiger partial charge in [-0.25, -0.2) is 0 Å². The molecule has 2 fully saturated rings. The van der Waals surface area contributed by atoms with E-state index < -0.39 is 11.4 Å². The van der Waals surface area contributed by atoms with E-state index in [1.54, 1.807) is 4.90 Å². The normalized spacial score (nSPS) is 26.8. The van der Waals surface area contributed by atoms with Crippen LogP contribution in [0.25, 0.3) is 0 Å². The topological polar surface area (TPSA) is 62.5 Å². The second-order valence-corrected chi connectivity index (χ2v) is 7.48. The Morgan fingerprint density at radius 1 is 1.35 bits per heavy atom. The molecule has 1 saturated carbocycles. The van der Waals surface area contributed by atoms with Gasteiger partial charge < -0.3 is 14.6 Å². The minimum Gasteiger partial charge on any atom is -0.481 e. The number of hydrogen-bond donors (Lipinski definition) is 1. The monoisotopic (exact) mass is 318 g/mol. The van der Waals surface area contributed by atoms with E-state index in [2.05, 4.69) is 18.4 Å². The van der Waals surface area contributed by atoms with Crippen molar-refractivity contribution in [3.05, 3.63) is 23.0 Å².